The molecular weight excluding hydrogens is 350 g/mol. The Bertz CT molecular complexity index is 808. The summed E-state index contributed by atoms with van der Waals surface area (Å²) in [6, 6.07) is 14.2. The summed E-state index contributed by atoms with van der Waals surface area (Å²) < 4.78 is 38.3. The molecule has 1 N–H and O–H groups in total. The van der Waals surface area contributed by atoms with E-state index in [0.717, 1.165) is 11.3 Å². The van der Waals surface area contributed by atoms with E-state index in [2.05, 4.69) is 25.5 Å². The van der Waals surface area contributed by atoms with E-state index >= 15 is 0 Å². The van der Waals surface area contributed by atoms with Crippen LogP contribution in [-0.2, 0) is 15.4 Å². The Balaban J connectivity index is 1.93. The molecule has 0 aliphatic rings. The van der Waals surface area contributed by atoms with Crippen molar-refractivity contribution in [2.24, 2.45) is 0 Å². The van der Waals surface area contributed by atoms with Gasteiger partial charge in [0, 0.05) is 6.54 Å². The van der Waals surface area contributed by atoms with Crippen molar-refractivity contribution in [3.05, 3.63) is 54.1 Å². The predicted molar refractivity (Wildman–Crippen MR) is 103 cm³/mol. The van der Waals surface area contributed by atoms with Gasteiger partial charge in [-0.2, -0.15) is 0 Å². The zero-order chi connectivity index (χ0) is 19.2. The molecule has 0 fully saturated rings. The summed E-state index contributed by atoms with van der Waals surface area (Å²) in [7, 11) is -3.57. The largest absolute Gasteiger partial charge is 0.494 e. The van der Waals surface area contributed by atoms with E-state index in [1.165, 1.54) is 12.1 Å². The van der Waals surface area contributed by atoms with Gasteiger partial charge < -0.3 is 9.47 Å². The zero-order valence-corrected chi connectivity index (χ0v) is 16.6. The van der Waals surface area contributed by atoms with Crippen molar-refractivity contribution >= 4 is 10.0 Å². The van der Waals surface area contributed by atoms with E-state index in [1.807, 2.05) is 31.2 Å². The highest BCUT2D eigenvalue weighted by molar-refractivity contribution is 7.89. The molecule has 2 aromatic rings. The number of rotatable bonds is 8. The van der Waals surface area contributed by atoms with Crippen molar-refractivity contribution in [3.63, 3.8) is 0 Å². The number of para-hydroxylation sites is 1. The smallest absolute Gasteiger partial charge is 0.240 e. The minimum atomic E-state index is -3.57. The summed E-state index contributed by atoms with van der Waals surface area (Å²) in [6.45, 7) is 9.20. The number of nitrogens with one attached hydrogen (secondary N) is 1. The molecule has 0 atom stereocenters. The highest BCUT2D eigenvalue weighted by atomic mass is 32.2. The first kappa shape index (κ1) is 20.3. The topological polar surface area (TPSA) is 64.6 Å². The van der Waals surface area contributed by atoms with Crippen molar-refractivity contribution < 1.29 is 17.9 Å². The summed E-state index contributed by atoms with van der Waals surface area (Å²) in [4.78, 5) is 0.205. The molecule has 0 aliphatic heterocycles. The molecule has 2 rings (SSSR count). The average molecular weight is 378 g/mol. The van der Waals surface area contributed by atoms with Gasteiger partial charge in [-0.05, 0) is 48.2 Å². The maximum absolute atomic E-state index is 12.3. The molecule has 6 heteroatoms. The summed E-state index contributed by atoms with van der Waals surface area (Å²) >= 11 is 0. The highest BCUT2D eigenvalue weighted by Gasteiger charge is 2.18. The molecule has 26 heavy (non-hydrogen) atoms. The normalized spacial score (nSPS) is 12.0. The van der Waals surface area contributed by atoms with Crippen LogP contribution in [0, 0.1) is 0 Å². The summed E-state index contributed by atoms with van der Waals surface area (Å²) in [6.07, 6.45) is 0. The van der Waals surface area contributed by atoms with E-state index in [1.54, 1.807) is 12.1 Å². The van der Waals surface area contributed by atoms with Gasteiger partial charge in [0.15, 0.2) is 0 Å². The van der Waals surface area contributed by atoms with Gasteiger partial charge in [-0.3, -0.25) is 0 Å². The number of ether oxygens (including phenoxy) is 2. The summed E-state index contributed by atoms with van der Waals surface area (Å²) in [5.41, 5.74) is 1.05. The molecule has 0 bridgehead atoms. The number of hydrogen-bond donors (Lipinski definition) is 1. The minimum Gasteiger partial charge on any atom is -0.494 e. The Kier molecular flexibility index (Phi) is 6.67. The fourth-order valence-corrected chi connectivity index (χ4v) is 3.53. The first-order valence-electron chi connectivity index (χ1n) is 8.69. The van der Waals surface area contributed by atoms with Crippen LogP contribution in [-0.4, -0.2) is 28.2 Å². The Morgan fingerprint density at radius 2 is 1.62 bits per heavy atom. The lowest BCUT2D eigenvalue weighted by Gasteiger charge is -2.22. The van der Waals surface area contributed by atoms with Crippen molar-refractivity contribution in [1.82, 2.24) is 4.72 Å². The fraction of sp³-hybridized carbons (Fsp3) is 0.400. The third-order valence-electron chi connectivity index (χ3n) is 3.79. The lowest BCUT2D eigenvalue weighted by molar-refractivity contribution is 0.314. The zero-order valence-electron chi connectivity index (χ0n) is 15.8. The molecule has 0 amide bonds. The van der Waals surface area contributed by atoms with Gasteiger partial charge in [0.25, 0.3) is 0 Å². The summed E-state index contributed by atoms with van der Waals surface area (Å²) in [5, 5.41) is 0. The van der Waals surface area contributed by atoms with Crippen LogP contribution in [0.25, 0.3) is 0 Å². The van der Waals surface area contributed by atoms with Crippen LogP contribution >= 0.6 is 0 Å². The molecule has 0 unspecified atom stereocenters. The second kappa shape index (κ2) is 8.56. The molecule has 0 aromatic heterocycles. The third kappa shape index (κ3) is 5.47. The van der Waals surface area contributed by atoms with Crippen molar-refractivity contribution in [2.45, 2.75) is 38.0 Å². The summed E-state index contributed by atoms with van der Waals surface area (Å²) in [5.74, 6) is 1.42. The first-order chi connectivity index (χ1) is 12.2. The third-order valence-corrected chi connectivity index (χ3v) is 5.27. The molecule has 0 radical (unpaired) electrons. The van der Waals surface area contributed by atoms with E-state index in [0.29, 0.717) is 12.4 Å². The maximum atomic E-state index is 12.3. The molecule has 0 heterocycles. The van der Waals surface area contributed by atoms with Gasteiger partial charge in [0.1, 0.15) is 18.1 Å². The average Bonchev–Trinajstić information content (AvgIpc) is 2.59. The lowest BCUT2D eigenvalue weighted by atomic mass is 9.86. The maximum Gasteiger partial charge on any atom is 0.240 e. The van der Waals surface area contributed by atoms with E-state index in [-0.39, 0.29) is 23.5 Å². The molecule has 2 aromatic carbocycles. The highest BCUT2D eigenvalue weighted by Crippen LogP contribution is 2.30. The standard InChI is InChI=1S/C20H27NO4S/c1-5-24-16-10-12-17(13-11-16)26(22,23)21-14-15-25-19-9-7-6-8-18(19)20(2,3)4/h6-13,21H,5,14-15H2,1-4H3. The van der Waals surface area contributed by atoms with E-state index in [4.69, 9.17) is 9.47 Å². The van der Waals surface area contributed by atoms with Gasteiger partial charge in [0.2, 0.25) is 10.0 Å². The van der Waals surface area contributed by atoms with E-state index in [9.17, 15) is 8.42 Å². The Morgan fingerprint density at radius 3 is 2.23 bits per heavy atom. The lowest BCUT2D eigenvalue weighted by Crippen LogP contribution is -2.28. The Hall–Kier alpha value is -2.05. The van der Waals surface area contributed by atoms with Gasteiger partial charge >= 0.3 is 0 Å². The molecule has 0 spiro atoms. The first-order valence-corrected chi connectivity index (χ1v) is 10.2. The second-order valence-electron chi connectivity index (χ2n) is 6.90. The monoisotopic (exact) mass is 377 g/mol. The molecular formula is C20H27NO4S. The van der Waals surface area contributed by atoms with Crippen LogP contribution in [0.4, 0.5) is 0 Å². The van der Waals surface area contributed by atoms with Crippen LogP contribution in [0.15, 0.2) is 53.4 Å². The van der Waals surface area contributed by atoms with Gasteiger partial charge in [-0.1, -0.05) is 39.0 Å². The van der Waals surface area contributed by atoms with Crippen LogP contribution < -0.4 is 14.2 Å². The van der Waals surface area contributed by atoms with Crippen LogP contribution in [0.5, 0.6) is 11.5 Å². The Morgan fingerprint density at radius 1 is 0.962 bits per heavy atom. The van der Waals surface area contributed by atoms with Gasteiger partial charge in [0.05, 0.1) is 11.5 Å². The molecule has 0 aliphatic carbocycles. The number of hydrogen-bond acceptors (Lipinski definition) is 4. The van der Waals surface area contributed by atoms with Gasteiger partial charge in [-0.25, -0.2) is 13.1 Å². The van der Waals surface area contributed by atoms with Crippen LogP contribution in [0.2, 0.25) is 0 Å². The van der Waals surface area contributed by atoms with Crippen molar-refractivity contribution in [3.8, 4) is 11.5 Å². The fourth-order valence-electron chi connectivity index (χ4n) is 2.51. The van der Waals surface area contributed by atoms with E-state index < -0.39 is 10.0 Å². The van der Waals surface area contributed by atoms with Gasteiger partial charge in [-0.15, -0.1) is 0 Å². The molecule has 0 saturated carbocycles. The van der Waals surface area contributed by atoms with Crippen LogP contribution in [0.3, 0.4) is 0 Å². The Labute approximate surface area is 156 Å². The van der Waals surface area contributed by atoms with Crippen LogP contribution in [0.1, 0.15) is 33.3 Å². The van der Waals surface area contributed by atoms with Crippen molar-refractivity contribution in [2.75, 3.05) is 19.8 Å². The molecule has 142 valence electrons. The minimum absolute atomic E-state index is 0.0432. The number of benzene rings is 2. The quantitative estimate of drug-likeness (QED) is 0.712. The number of sulfonamides is 1. The van der Waals surface area contributed by atoms with Crippen molar-refractivity contribution in [1.29, 1.82) is 0 Å². The molecule has 5 nitrogen and oxygen atoms in total. The molecule has 0 saturated heterocycles. The SMILES string of the molecule is CCOc1ccc(S(=O)(=O)NCCOc2ccccc2C(C)(C)C)cc1. The predicted octanol–water partition coefficient (Wildman–Crippen LogP) is 3.74. The second-order valence-corrected chi connectivity index (χ2v) is 8.66.